The molecule has 3 rings (SSSR count). The Kier molecular flexibility index (Phi) is 5.32. The average molecular weight is 327 g/mol. The number of hydrogen-bond acceptors (Lipinski definition) is 4. The largest absolute Gasteiger partial charge is 0.497 e. The Morgan fingerprint density at radius 2 is 2.05 bits per heavy atom. The molecule has 2 aliphatic rings. The van der Waals surface area contributed by atoms with Crippen LogP contribution in [0, 0.1) is 0 Å². The molecule has 2 fully saturated rings. The van der Waals surface area contributed by atoms with Gasteiger partial charge in [0.05, 0.1) is 18.8 Å². The van der Waals surface area contributed by atoms with E-state index < -0.39 is 0 Å². The third kappa shape index (κ3) is 3.37. The summed E-state index contributed by atoms with van der Waals surface area (Å²) in [6.45, 7) is 0.480. The third-order valence-corrected chi connectivity index (χ3v) is 4.42. The number of hydrogen-bond donors (Lipinski definition) is 2. The van der Waals surface area contributed by atoms with Crippen molar-refractivity contribution in [3.05, 3.63) is 29.8 Å². The maximum absolute atomic E-state index is 12.4. The number of carbonyl (C=O) groups excluding carboxylic acids is 1. The summed E-state index contributed by atoms with van der Waals surface area (Å²) in [7, 11) is 1.65. The summed E-state index contributed by atoms with van der Waals surface area (Å²) in [4.78, 5) is 12.4. The number of nitrogens with one attached hydrogen (secondary N) is 1. The maximum atomic E-state index is 12.4. The van der Waals surface area contributed by atoms with Crippen LogP contribution in [0.4, 0.5) is 0 Å². The Labute approximate surface area is 137 Å². The number of benzene rings is 1. The van der Waals surface area contributed by atoms with Crippen molar-refractivity contribution in [1.29, 1.82) is 0 Å². The molecule has 5 nitrogen and oxygen atoms in total. The molecule has 1 aromatic carbocycles. The maximum Gasteiger partial charge on any atom is 0.249 e. The van der Waals surface area contributed by atoms with Gasteiger partial charge in [-0.2, -0.15) is 0 Å². The number of rotatable bonds is 5. The van der Waals surface area contributed by atoms with Crippen molar-refractivity contribution in [3.63, 3.8) is 0 Å². The molecule has 1 aliphatic carbocycles. The predicted molar refractivity (Wildman–Crippen MR) is 86.2 cm³/mol. The second-order valence-corrected chi connectivity index (χ2v) is 5.86. The number of amides is 1. The number of carbonyl (C=O) groups is 1. The minimum atomic E-state index is -0.353. The fourth-order valence-electron chi connectivity index (χ4n) is 2.91. The zero-order valence-electron chi connectivity index (χ0n) is 12.7. The molecular formula is C16H23ClN2O3. The van der Waals surface area contributed by atoms with E-state index in [9.17, 15) is 4.79 Å². The zero-order valence-corrected chi connectivity index (χ0v) is 13.5. The summed E-state index contributed by atoms with van der Waals surface area (Å²) in [5, 5.41) is 3.16. The smallest absolute Gasteiger partial charge is 0.249 e. The van der Waals surface area contributed by atoms with Gasteiger partial charge in [0, 0.05) is 6.54 Å². The van der Waals surface area contributed by atoms with Crippen molar-refractivity contribution in [2.75, 3.05) is 13.7 Å². The second kappa shape index (κ2) is 6.86. The van der Waals surface area contributed by atoms with Gasteiger partial charge in [0.1, 0.15) is 11.9 Å². The summed E-state index contributed by atoms with van der Waals surface area (Å²) in [5.41, 5.74) is 6.50. The first kappa shape index (κ1) is 17.1. The van der Waals surface area contributed by atoms with E-state index in [4.69, 9.17) is 15.2 Å². The number of halogens is 1. The van der Waals surface area contributed by atoms with Crippen LogP contribution in [0.2, 0.25) is 0 Å². The molecule has 122 valence electrons. The molecule has 0 aromatic heterocycles. The first-order valence-corrected chi connectivity index (χ1v) is 7.49. The van der Waals surface area contributed by atoms with E-state index in [2.05, 4.69) is 5.32 Å². The summed E-state index contributed by atoms with van der Waals surface area (Å²) < 4.78 is 10.8. The van der Waals surface area contributed by atoms with Gasteiger partial charge in [-0.05, 0) is 43.4 Å². The van der Waals surface area contributed by atoms with Crippen LogP contribution >= 0.6 is 12.4 Å². The molecule has 22 heavy (non-hydrogen) atoms. The normalized spacial score (nSPS) is 25.2. The predicted octanol–water partition coefficient (Wildman–Crippen LogP) is 1.73. The van der Waals surface area contributed by atoms with Crippen molar-refractivity contribution in [2.24, 2.45) is 5.73 Å². The fraction of sp³-hybridized carbons (Fsp3) is 0.562. The van der Waals surface area contributed by atoms with Gasteiger partial charge in [-0.15, -0.1) is 12.4 Å². The Hall–Kier alpha value is -1.30. The van der Waals surface area contributed by atoms with E-state index in [1.165, 1.54) is 0 Å². The lowest BCUT2D eigenvalue weighted by Crippen LogP contribution is -2.41. The van der Waals surface area contributed by atoms with Gasteiger partial charge in [-0.3, -0.25) is 4.79 Å². The topological polar surface area (TPSA) is 73.6 Å². The Bertz CT molecular complexity index is 517. The van der Waals surface area contributed by atoms with Crippen molar-refractivity contribution >= 4 is 18.3 Å². The molecule has 1 saturated heterocycles. The van der Waals surface area contributed by atoms with Crippen LogP contribution < -0.4 is 15.8 Å². The molecular weight excluding hydrogens is 304 g/mol. The third-order valence-electron chi connectivity index (χ3n) is 4.42. The van der Waals surface area contributed by atoms with Crippen LogP contribution in [-0.4, -0.2) is 31.8 Å². The lowest BCUT2D eigenvalue weighted by molar-refractivity contribution is -0.132. The molecule has 6 heteroatoms. The summed E-state index contributed by atoms with van der Waals surface area (Å²) in [6, 6.07) is 7.89. The summed E-state index contributed by atoms with van der Waals surface area (Å²) >= 11 is 0. The molecule has 3 N–H and O–H groups in total. The van der Waals surface area contributed by atoms with Gasteiger partial charge in [0.15, 0.2) is 0 Å². The number of ether oxygens (including phenoxy) is 2. The van der Waals surface area contributed by atoms with E-state index in [0.717, 1.165) is 37.0 Å². The molecule has 2 atom stereocenters. The van der Waals surface area contributed by atoms with Gasteiger partial charge in [0.25, 0.3) is 0 Å². The highest BCUT2D eigenvalue weighted by molar-refractivity contribution is 5.85. The Morgan fingerprint density at radius 1 is 1.36 bits per heavy atom. The minimum Gasteiger partial charge on any atom is -0.497 e. The molecule has 0 radical (unpaired) electrons. The monoisotopic (exact) mass is 326 g/mol. The molecule has 1 amide bonds. The Morgan fingerprint density at radius 3 is 2.55 bits per heavy atom. The van der Waals surface area contributed by atoms with Crippen LogP contribution in [0.25, 0.3) is 0 Å². The highest BCUT2D eigenvalue weighted by Gasteiger charge is 2.47. The average Bonchev–Trinajstić information content (AvgIpc) is 3.13. The minimum absolute atomic E-state index is 0. The van der Waals surface area contributed by atoms with E-state index in [-0.39, 0.29) is 36.1 Å². The molecule has 1 saturated carbocycles. The molecule has 1 aromatic rings. The quantitative estimate of drug-likeness (QED) is 0.864. The first-order valence-electron chi connectivity index (χ1n) is 7.49. The molecule has 0 spiro atoms. The van der Waals surface area contributed by atoms with Crippen LogP contribution in [-0.2, 0) is 15.1 Å². The van der Waals surface area contributed by atoms with Gasteiger partial charge >= 0.3 is 0 Å². The lowest BCUT2D eigenvalue weighted by Gasteiger charge is -2.21. The van der Waals surface area contributed by atoms with Crippen molar-refractivity contribution in [2.45, 2.75) is 43.4 Å². The van der Waals surface area contributed by atoms with Gasteiger partial charge in [-0.25, -0.2) is 0 Å². The van der Waals surface area contributed by atoms with Crippen LogP contribution in [0.1, 0.15) is 31.2 Å². The second-order valence-electron chi connectivity index (χ2n) is 5.86. The van der Waals surface area contributed by atoms with Crippen LogP contribution in [0.5, 0.6) is 5.75 Å². The van der Waals surface area contributed by atoms with Crippen molar-refractivity contribution in [3.8, 4) is 5.75 Å². The van der Waals surface area contributed by atoms with Crippen LogP contribution in [0.3, 0.4) is 0 Å². The molecule has 1 heterocycles. The first-order chi connectivity index (χ1) is 10.2. The van der Waals surface area contributed by atoms with Gasteiger partial charge < -0.3 is 20.5 Å². The van der Waals surface area contributed by atoms with E-state index in [1.807, 2.05) is 24.3 Å². The van der Waals surface area contributed by atoms with E-state index >= 15 is 0 Å². The summed E-state index contributed by atoms with van der Waals surface area (Å²) in [6.07, 6.45) is 3.23. The van der Waals surface area contributed by atoms with Crippen molar-refractivity contribution in [1.82, 2.24) is 5.32 Å². The molecule has 1 aliphatic heterocycles. The lowest BCUT2D eigenvalue weighted by atomic mass is 10.0. The van der Waals surface area contributed by atoms with E-state index in [0.29, 0.717) is 6.54 Å². The van der Waals surface area contributed by atoms with Gasteiger partial charge in [-0.1, -0.05) is 12.1 Å². The summed E-state index contributed by atoms with van der Waals surface area (Å²) in [5.74, 6) is 0.810. The van der Waals surface area contributed by atoms with Crippen LogP contribution in [0.15, 0.2) is 24.3 Å². The number of nitrogens with two attached hydrogens (primary N) is 1. The molecule has 0 bridgehead atoms. The van der Waals surface area contributed by atoms with Crippen molar-refractivity contribution < 1.29 is 14.3 Å². The SMILES string of the molecule is COc1ccc(C2(NC(=O)[C@@H]3CC[C@H](CN)O3)CC2)cc1.Cl. The highest BCUT2D eigenvalue weighted by atomic mass is 35.5. The fourth-order valence-corrected chi connectivity index (χ4v) is 2.91. The molecule has 0 unspecified atom stereocenters. The Balaban J connectivity index is 0.00000176. The number of methoxy groups -OCH3 is 1. The van der Waals surface area contributed by atoms with Gasteiger partial charge in [0.2, 0.25) is 5.91 Å². The standard InChI is InChI=1S/C16H22N2O3.ClH/c1-20-12-4-2-11(3-5-12)16(8-9-16)18-15(19)14-7-6-13(10-17)21-14;/h2-5,13-14H,6-10,17H2,1H3,(H,18,19);1H/t13-,14+;/m1./s1. The van der Waals surface area contributed by atoms with E-state index in [1.54, 1.807) is 7.11 Å². The highest BCUT2D eigenvalue weighted by Crippen LogP contribution is 2.46. The zero-order chi connectivity index (χ0) is 14.9.